The van der Waals surface area contributed by atoms with Crippen molar-refractivity contribution in [2.45, 2.75) is 44.0 Å². The van der Waals surface area contributed by atoms with Gasteiger partial charge in [0.05, 0.1) is 10.8 Å². The van der Waals surface area contributed by atoms with Crippen LogP contribution in [0, 0.1) is 11.3 Å². The summed E-state index contributed by atoms with van der Waals surface area (Å²) in [7, 11) is 0. The SMILES string of the molecule is CC(S)(C#N)CCC(=O)OCc1c2c(cc3ccccc13)CCC=C2. The molecule has 128 valence electrons. The lowest BCUT2D eigenvalue weighted by molar-refractivity contribution is -0.145. The Balaban J connectivity index is 1.81. The number of hydrogen-bond donors (Lipinski definition) is 1. The van der Waals surface area contributed by atoms with Crippen LogP contribution in [0.1, 0.15) is 42.9 Å². The molecule has 0 aromatic heterocycles. The van der Waals surface area contributed by atoms with Crippen molar-refractivity contribution in [2.24, 2.45) is 0 Å². The lowest BCUT2D eigenvalue weighted by Gasteiger charge is -2.19. The van der Waals surface area contributed by atoms with E-state index in [1.807, 2.05) is 12.1 Å². The number of hydrogen-bond acceptors (Lipinski definition) is 4. The Morgan fingerprint density at radius 3 is 3.00 bits per heavy atom. The fourth-order valence-electron chi connectivity index (χ4n) is 3.14. The molecular formula is C21H21NO2S. The maximum Gasteiger partial charge on any atom is 0.306 e. The molecule has 0 radical (unpaired) electrons. The minimum absolute atomic E-state index is 0.191. The molecule has 0 saturated carbocycles. The molecule has 0 saturated heterocycles. The van der Waals surface area contributed by atoms with Gasteiger partial charge in [-0.3, -0.25) is 4.79 Å². The van der Waals surface area contributed by atoms with E-state index in [0.29, 0.717) is 6.42 Å². The van der Waals surface area contributed by atoms with Gasteiger partial charge in [0.15, 0.2) is 0 Å². The van der Waals surface area contributed by atoms with E-state index in [4.69, 9.17) is 10.00 Å². The third kappa shape index (κ3) is 4.05. The van der Waals surface area contributed by atoms with Crippen LogP contribution in [0.3, 0.4) is 0 Å². The molecule has 2 aromatic rings. The summed E-state index contributed by atoms with van der Waals surface area (Å²) in [5.74, 6) is -0.294. The van der Waals surface area contributed by atoms with Gasteiger partial charge in [-0.25, -0.2) is 0 Å². The van der Waals surface area contributed by atoms with Crippen LogP contribution in [0.25, 0.3) is 16.8 Å². The number of carbonyl (C=O) groups is 1. The first-order chi connectivity index (χ1) is 12.0. The quantitative estimate of drug-likeness (QED) is 0.620. The van der Waals surface area contributed by atoms with Gasteiger partial charge in [-0.05, 0) is 48.1 Å². The zero-order valence-electron chi connectivity index (χ0n) is 14.3. The maximum atomic E-state index is 12.1. The summed E-state index contributed by atoms with van der Waals surface area (Å²) in [5.41, 5.74) is 3.54. The molecule has 1 atom stereocenters. The zero-order valence-corrected chi connectivity index (χ0v) is 15.2. The van der Waals surface area contributed by atoms with E-state index < -0.39 is 4.75 Å². The minimum atomic E-state index is -0.805. The van der Waals surface area contributed by atoms with Crippen LogP contribution in [0.5, 0.6) is 0 Å². The smallest absolute Gasteiger partial charge is 0.306 e. The third-order valence-corrected chi connectivity index (χ3v) is 4.91. The van der Waals surface area contributed by atoms with Crippen molar-refractivity contribution in [3.05, 3.63) is 53.1 Å². The van der Waals surface area contributed by atoms with Gasteiger partial charge in [-0.15, -0.1) is 0 Å². The van der Waals surface area contributed by atoms with Gasteiger partial charge < -0.3 is 4.74 Å². The summed E-state index contributed by atoms with van der Waals surface area (Å²) < 4.78 is 4.72. The standard InChI is InChI=1S/C21H21NO2S/c1-21(25,14-22)11-10-20(23)24-13-19-17-8-4-2-6-15(17)12-16-7-3-5-9-18(16)19/h2,4-6,8-9,12,25H,3,7,10-11,13H2,1H3. The highest BCUT2D eigenvalue weighted by molar-refractivity contribution is 7.82. The van der Waals surface area contributed by atoms with Gasteiger partial charge in [0.25, 0.3) is 0 Å². The average molecular weight is 351 g/mol. The number of aryl methyl sites for hydroxylation is 1. The highest BCUT2D eigenvalue weighted by Gasteiger charge is 2.20. The van der Waals surface area contributed by atoms with E-state index in [-0.39, 0.29) is 19.0 Å². The Kier molecular flexibility index (Phi) is 5.15. The Morgan fingerprint density at radius 1 is 1.40 bits per heavy atom. The third-order valence-electron chi connectivity index (χ3n) is 4.59. The molecule has 0 spiro atoms. The van der Waals surface area contributed by atoms with Crippen molar-refractivity contribution in [1.82, 2.24) is 0 Å². The monoisotopic (exact) mass is 351 g/mol. The molecule has 25 heavy (non-hydrogen) atoms. The van der Waals surface area contributed by atoms with Crippen molar-refractivity contribution in [2.75, 3.05) is 0 Å². The highest BCUT2D eigenvalue weighted by atomic mass is 32.1. The normalized spacial score (nSPS) is 15.2. The van der Waals surface area contributed by atoms with Crippen molar-refractivity contribution in [1.29, 1.82) is 5.26 Å². The van der Waals surface area contributed by atoms with Gasteiger partial charge >= 0.3 is 5.97 Å². The van der Waals surface area contributed by atoms with E-state index in [1.54, 1.807) is 6.92 Å². The molecule has 4 heteroatoms. The van der Waals surface area contributed by atoms with Gasteiger partial charge in [0.2, 0.25) is 0 Å². The van der Waals surface area contributed by atoms with Crippen LogP contribution < -0.4 is 0 Å². The number of nitriles is 1. The Hall–Kier alpha value is -2.25. The van der Waals surface area contributed by atoms with Crippen LogP contribution in [0.2, 0.25) is 0 Å². The van der Waals surface area contributed by atoms with Crippen LogP contribution in [0.4, 0.5) is 0 Å². The van der Waals surface area contributed by atoms with E-state index in [0.717, 1.165) is 23.8 Å². The van der Waals surface area contributed by atoms with Crippen LogP contribution >= 0.6 is 12.6 Å². The molecule has 0 heterocycles. The molecule has 1 unspecified atom stereocenters. The Labute approximate surface area is 153 Å². The molecule has 0 aliphatic heterocycles. The molecule has 0 amide bonds. The topological polar surface area (TPSA) is 50.1 Å². The summed E-state index contributed by atoms with van der Waals surface area (Å²) in [6.07, 6.45) is 6.92. The van der Waals surface area contributed by atoms with E-state index >= 15 is 0 Å². The number of nitrogens with zero attached hydrogens (tertiary/aromatic N) is 1. The number of rotatable bonds is 5. The number of carbonyl (C=O) groups excluding carboxylic acids is 1. The maximum absolute atomic E-state index is 12.1. The fraction of sp³-hybridized carbons (Fsp3) is 0.333. The fourth-order valence-corrected chi connectivity index (χ4v) is 3.25. The summed E-state index contributed by atoms with van der Waals surface area (Å²) >= 11 is 4.23. The number of benzene rings is 2. The molecule has 1 aliphatic carbocycles. The average Bonchev–Trinajstić information content (AvgIpc) is 2.63. The molecule has 3 nitrogen and oxygen atoms in total. The number of thiol groups is 1. The number of ether oxygens (including phenoxy) is 1. The molecule has 0 bridgehead atoms. The summed E-state index contributed by atoms with van der Waals surface area (Å²) in [6, 6.07) is 12.5. The van der Waals surface area contributed by atoms with E-state index in [9.17, 15) is 4.79 Å². The summed E-state index contributed by atoms with van der Waals surface area (Å²) in [6.45, 7) is 1.96. The predicted molar refractivity (Wildman–Crippen MR) is 103 cm³/mol. The molecule has 3 rings (SSSR count). The molecular weight excluding hydrogens is 330 g/mol. The summed E-state index contributed by atoms with van der Waals surface area (Å²) in [5, 5.41) is 11.3. The molecule has 0 fully saturated rings. The number of esters is 1. The second-order valence-corrected chi connectivity index (χ2v) is 7.62. The minimum Gasteiger partial charge on any atom is -0.461 e. The lowest BCUT2D eigenvalue weighted by Crippen LogP contribution is -2.16. The first kappa shape index (κ1) is 17.6. The number of fused-ring (bicyclic) bond motifs is 2. The number of allylic oxidation sites excluding steroid dienone is 1. The largest absolute Gasteiger partial charge is 0.461 e. The first-order valence-corrected chi connectivity index (χ1v) is 8.94. The van der Waals surface area contributed by atoms with E-state index in [2.05, 4.69) is 49.0 Å². The van der Waals surface area contributed by atoms with Crippen molar-refractivity contribution >= 4 is 35.4 Å². The predicted octanol–water partition coefficient (Wildman–Crippen LogP) is 4.83. The second kappa shape index (κ2) is 7.33. The Bertz CT molecular complexity index is 877. The summed E-state index contributed by atoms with van der Waals surface area (Å²) in [4.78, 5) is 12.1. The van der Waals surface area contributed by atoms with Crippen molar-refractivity contribution in [3.63, 3.8) is 0 Å². The van der Waals surface area contributed by atoms with Gasteiger partial charge in [0, 0.05) is 12.0 Å². The van der Waals surface area contributed by atoms with Gasteiger partial charge in [-0.2, -0.15) is 17.9 Å². The lowest BCUT2D eigenvalue weighted by atomic mass is 9.89. The molecule has 2 aromatic carbocycles. The zero-order chi connectivity index (χ0) is 17.9. The van der Waals surface area contributed by atoms with Gasteiger partial charge in [-0.1, -0.05) is 42.5 Å². The Morgan fingerprint density at radius 2 is 2.20 bits per heavy atom. The van der Waals surface area contributed by atoms with E-state index in [1.165, 1.54) is 16.5 Å². The molecule has 0 N–H and O–H groups in total. The first-order valence-electron chi connectivity index (χ1n) is 8.49. The van der Waals surface area contributed by atoms with Gasteiger partial charge in [0.1, 0.15) is 6.61 Å². The second-order valence-electron chi connectivity index (χ2n) is 6.64. The van der Waals surface area contributed by atoms with Crippen molar-refractivity contribution < 1.29 is 9.53 Å². The van der Waals surface area contributed by atoms with Crippen LogP contribution in [-0.4, -0.2) is 10.7 Å². The van der Waals surface area contributed by atoms with Crippen LogP contribution in [-0.2, 0) is 22.6 Å². The van der Waals surface area contributed by atoms with Crippen molar-refractivity contribution in [3.8, 4) is 6.07 Å². The highest BCUT2D eigenvalue weighted by Crippen LogP contribution is 2.31. The van der Waals surface area contributed by atoms with Crippen LogP contribution in [0.15, 0.2) is 36.4 Å². The molecule has 1 aliphatic rings.